The predicted octanol–water partition coefficient (Wildman–Crippen LogP) is 2.90. The lowest BCUT2D eigenvalue weighted by Crippen LogP contribution is -2.49. The van der Waals surface area contributed by atoms with Crippen LogP contribution in [0.2, 0.25) is 5.02 Å². The summed E-state index contributed by atoms with van der Waals surface area (Å²) in [5, 5.41) is 12.7. The molecule has 1 amide bonds. The van der Waals surface area contributed by atoms with E-state index < -0.39 is 11.3 Å². The number of Topliss-reactive ketones (excluding diaryl/α,β-unsaturated/α-hetero) is 1. The van der Waals surface area contributed by atoms with Crippen LogP contribution in [0.15, 0.2) is 41.0 Å². The summed E-state index contributed by atoms with van der Waals surface area (Å²) in [5.41, 5.74) is 5.48. The van der Waals surface area contributed by atoms with Crippen molar-refractivity contribution in [3.05, 3.63) is 51.6 Å². The molecule has 0 fully saturated rings. The van der Waals surface area contributed by atoms with Crippen LogP contribution in [-0.4, -0.2) is 11.7 Å². The minimum atomic E-state index is -1.58. The Balaban J connectivity index is 2.09. The van der Waals surface area contributed by atoms with Gasteiger partial charge in [0.25, 0.3) is 0 Å². The third-order valence-electron chi connectivity index (χ3n) is 5.16. The molecule has 132 valence electrons. The summed E-state index contributed by atoms with van der Waals surface area (Å²) in [7, 11) is 0. The van der Waals surface area contributed by atoms with E-state index in [4.69, 9.17) is 22.1 Å². The van der Waals surface area contributed by atoms with Crippen LogP contribution in [0.3, 0.4) is 0 Å². The zero-order chi connectivity index (χ0) is 18.9. The van der Waals surface area contributed by atoms with Crippen LogP contribution in [0.4, 0.5) is 5.69 Å². The van der Waals surface area contributed by atoms with Crippen molar-refractivity contribution in [3.63, 3.8) is 0 Å². The fourth-order valence-corrected chi connectivity index (χ4v) is 4.30. The summed E-state index contributed by atoms with van der Waals surface area (Å²) in [6.45, 7) is 3.88. The number of nitrogens with zero attached hydrogens (tertiary/aromatic N) is 1. The number of nitrogens with one attached hydrogen (secondary N) is 1. The fraction of sp³-hybridized carbons (Fsp3) is 0.316. The zero-order valence-corrected chi connectivity index (χ0v) is 15.0. The first-order valence-corrected chi connectivity index (χ1v) is 8.55. The molecule has 3 N–H and O–H groups in total. The summed E-state index contributed by atoms with van der Waals surface area (Å²) in [6.07, 6.45) is 0.687. The monoisotopic (exact) mass is 369 g/mol. The topological polar surface area (TPSA) is 105 Å². The number of nitrogens with two attached hydrogens (primary N) is 1. The van der Waals surface area contributed by atoms with Crippen molar-refractivity contribution < 1.29 is 14.3 Å². The normalized spacial score (nSPS) is 26.2. The number of halogens is 1. The molecule has 7 heteroatoms. The van der Waals surface area contributed by atoms with Gasteiger partial charge in [-0.1, -0.05) is 25.4 Å². The highest BCUT2D eigenvalue weighted by atomic mass is 35.5. The van der Waals surface area contributed by atoms with Crippen LogP contribution >= 0.6 is 11.6 Å². The molecule has 1 spiro atoms. The second-order valence-electron chi connectivity index (χ2n) is 7.59. The van der Waals surface area contributed by atoms with Crippen molar-refractivity contribution in [1.82, 2.24) is 0 Å². The number of carbonyl (C=O) groups excluding carboxylic acids is 2. The molecule has 0 saturated heterocycles. The van der Waals surface area contributed by atoms with Crippen LogP contribution in [-0.2, 0) is 19.7 Å². The maximum absolute atomic E-state index is 13.1. The summed E-state index contributed by atoms with van der Waals surface area (Å²) in [4.78, 5) is 26.2. The van der Waals surface area contributed by atoms with Crippen molar-refractivity contribution in [3.8, 4) is 6.07 Å². The first kappa shape index (κ1) is 16.7. The van der Waals surface area contributed by atoms with Crippen molar-refractivity contribution in [2.45, 2.75) is 32.1 Å². The number of hydrogen-bond donors (Lipinski definition) is 2. The highest BCUT2D eigenvalue weighted by Crippen LogP contribution is 2.55. The molecule has 1 aromatic rings. The van der Waals surface area contributed by atoms with Gasteiger partial charge in [0, 0.05) is 29.1 Å². The van der Waals surface area contributed by atoms with E-state index in [0.717, 1.165) is 0 Å². The molecule has 3 aliphatic rings. The molecule has 0 unspecified atom stereocenters. The average Bonchev–Trinajstić information content (AvgIpc) is 2.82. The van der Waals surface area contributed by atoms with Gasteiger partial charge in [-0.15, -0.1) is 0 Å². The first-order valence-electron chi connectivity index (χ1n) is 8.17. The number of hydrogen-bond acceptors (Lipinski definition) is 5. The zero-order valence-electron chi connectivity index (χ0n) is 14.3. The molecule has 0 saturated carbocycles. The quantitative estimate of drug-likeness (QED) is 0.731. The summed E-state index contributed by atoms with van der Waals surface area (Å²) in [5.74, 6) is -0.500. The molecular weight excluding hydrogens is 354 g/mol. The Kier molecular flexibility index (Phi) is 3.28. The molecule has 1 aromatic carbocycles. The van der Waals surface area contributed by atoms with E-state index in [1.54, 1.807) is 18.2 Å². The highest BCUT2D eigenvalue weighted by Gasteiger charge is 2.60. The maximum atomic E-state index is 13.1. The Morgan fingerprint density at radius 1 is 1.31 bits per heavy atom. The van der Waals surface area contributed by atoms with E-state index in [1.165, 1.54) is 0 Å². The molecule has 1 atom stereocenters. The molecule has 0 aromatic heterocycles. The van der Waals surface area contributed by atoms with Gasteiger partial charge in [-0.25, -0.2) is 0 Å². The minimum Gasteiger partial charge on any atom is -0.448 e. The first-order chi connectivity index (χ1) is 12.2. The third-order valence-corrected chi connectivity index (χ3v) is 5.40. The number of rotatable bonds is 0. The number of ether oxygens (including phenoxy) is 1. The molecule has 6 nitrogen and oxygen atoms in total. The lowest BCUT2D eigenvalue weighted by molar-refractivity contribution is -0.124. The van der Waals surface area contributed by atoms with E-state index in [2.05, 4.69) is 5.32 Å². The third kappa shape index (κ3) is 1.98. The molecule has 2 aliphatic heterocycles. The van der Waals surface area contributed by atoms with Crippen molar-refractivity contribution >= 4 is 29.0 Å². The fourth-order valence-electron chi connectivity index (χ4n) is 4.13. The van der Waals surface area contributed by atoms with Gasteiger partial charge in [0.1, 0.15) is 11.8 Å². The molecular formula is C19H16ClN3O3. The van der Waals surface area contributed by atoms with E-state index in [9.17, 15) is 14.9 Å². The molecule has 0 radical (unpaired) electrons. The van der Waals surface area contributed by atoms with Crippen molar-refractivity contribution in [2.24, 2.45) is 11.1 Å². The number of carbonyl (C=O) groups is 2. The second kappa shape index (κ2) is 5.12. The standard InChI is InChI=1S/C19H16ClN3O3/c1-18(2)6-12(24)15-13(7-18)26-14(8-21)16(22)19(15)10-5-9(20)3-4-11(10)23-17(19)25/h3-5H,6-7,22H2,1-2H3,(H,23,25)/t19-/m1/s1. The Hall–Kier alpha value is -2.78. The maximum Gasteiger partial charge on any atom is 0.246 e. The number of amides is 1. The van der Waals surface area contributed by atoms with Crippen molar-refractivity contribution in [1.29, 1.82) is 5.26 Å². The molecule has 1 aliphatic carbocycles. The van der Waals surface area contributed by atoms with Gasteiger partial charge in [0.2, 0.25) is 11.7 Å². The van der Waals surface area contributed by atoms with Crippen LogP contribution in [0.5, 0.6) is 0 Å². The molecule has 26 heavy (non-hydrogen) atoms. The Morgan fingerprint density at radius 2 is 2.04 bits per heavy atom. The van der Waals surface area contributed by atoms with Gasteiger partial charge in [-0.05, 0) is 23.6 Å². The van der Waals surface area contributed by atoms with Gasteiger partial charge < -0.3 is 15.8 Å². The molecule has 0 bridgehead atoms. The number of allylic oxidation sites excluding steroid dienone is 2. The minimum absolute atomic E-state index is 0.0784. The second-order valence-corrected chi connectivity index (χ2v) is 8.03. The summed E-state index contributed by atoms with van der Waals surface area (Å²) >= 11 is 6.16. The van der Waals surface area contributed by atoms with E-state index >= 15 is 0 Å². The number of ketones is 1. The van der Waals surface area contributed by atoms with Gasteiger partial charge in [-0.2, -0.15) is 5.26 Å². The lowest BCUT2D eigenvalue weighted by Gasteiger charge is -2.41. The number of benzene rings is 1. The average molecular weight is 370 g/mol. The van der Waals surface area contributed by atoms with E-state index in [0.29, 0.717) is 28.5 Å². The highest BCUT2D eigenvalue weighted by molar-refractivity contribution is 6.31. The predicted molar refractivity (Wildman–Crippen MR) is 94.7 cm³/mol. The Labute approximate surface area is 155 Å². The van der Waals surface area contributed by atoms with Crippen LogP contribution in [0.25, 0.3) is 0 Å². The lowest BCUT2D eigenvalue weighted by atomic mass is 9.63. The Morgan fingerprint density at radius 3 is 2.73 bits per heavy atom. The SMILES string of the molecule is CC1(C)CC(=O)C2=C(C1)OC(C#N)=C(N)[C@]21C(=O)Nc2ccc(Cl)cc21. The largest absolute Gasteiger partial charge is 0.448 e. The van der Waals surface area contributed by atoms with Crippen LogP contribution < -0.4 is 11.1 Å². The van der Waals surface area contributed by atoms with Gasteiger partial charge in [0.15, 0.2) is 11.2 Å². The van der Waals surface area contributed by atoms with Gasteiger partial charge >= 0.3 is 0 Å². The van der Waals surface area contributed by atoms with E-state index in [1.807, 2.05) is 19.9 Å². The van der Waals surface area contributed by atoms with Crippen LogP contribution in [0.1, 0.15) is 32.3 Å². The number of nitriles is 1. The molecule has 4 rings (SSSR count). The number of fused-ring (bicyclic) bond motifs is 3. The van der Waals surface area contributed by atoms with Gasteiger partial charge in [-0.3, -0.25) is 9.59 Å². The number of anilines is 1. The summed E-state index contributed by atoms with van der Waals surface area (Å²) in [6, 6.07) is 6.84. The van der Waals surface area contributed by atoms with E-state index in [-0.39, 0.29) is 34.6 Å². The summed E-state index contributed by atoms with van der Waals surface area (Å²) < 4.78 is 5.68. The van der Waals surface area contributed by atoms with Crippen molar-refractivity contribution in [2.75, 3.05) is 5.32 Å². The Bertz CT molecular complexity index is 1000. The van der Waals surface area contributed by atoms with Gasteiger partial charge in [0.05, 0.1) is 11.3 Å². The smallest absolute Gasteiger partial charge is 0.246 e. The van der Waals surface area contributed by atoms with Crippen LogP contribution in [0, 0.1) is 16.7 Å². The molecule has 2 heterocycles.